The second-order valence-electron chi connectivity index (χ2n) is 7.13. The third kappa shape index (κ3) is 5.39. The Morgan fingerprint density at radius 3 is 2.36 bits per heavy atom. The van der Waals surface area contributed by atoms with E-state index < -0.39 is 0 Å². The molecule has 8 heteroatoms. The summed E-state index contributed by atoms with van der Waals surface area (Å²) in [5, 5.41) is 3.17. The van der Waals surface area contributed by atoms with Crippen molar-refractivity contribution < 1.29 is 9.18 Å². The van der Waals surface area contributed by atoms with E-state index in [2.05, 4.69) is 25.1 Å². The van der Waals surface area contributed by atoms with Crippen LogP contribution in [0.2, 0.25) is 0 Å². The van der Waals surface area contributed by atoms with Crippen LogP contribution in [0, 0.1) is 5.82 Å². The molecule has 2 aromatic rings. The molecule has 3 rings (SSSR count). The first-order valence-corrected chi connectivity index (χ1v) is 9.53. The quantitative estimate of drug-likeness (QED) is 0.734. The maximum absolute atomic E-state index is 13.1. The van der Waals surface area contributed by atoms with Crippen LogP contribution in [-0.4, -0.2) is 79.0 Å². The summed E-state index contributed by atoms with van der Waals surface area (Å²) in [4.78, 5) is 27.3. The number of anilines is 2. The van der Waals surface area contributed by atoms with Gasteiger partial charge in [0, 0.05) is 50.8 Å². The fourth-order valence-corrected chi connectivity index (χ4v) is 3.13. The standard InChI is InChI=1S/C20H27FN6O/c1-25(2)9-3-8-22-20-23-14-16(15-24-20)19(28)27-12-10-26(11-13-27)18-6-4-17(21)5-7-18/h4-7,14-15H,3,8-13H2,1-2H3,(H,22,23,24). The third-order valence-electron chi connectivity index (χ3n) is 4.72. The van der Waals surface area contributed by atoms with E-state index in [9.17, 15) is 9.18 Å². The van der Waals surface area contributed by atoms with Crippen LogP contribution in [-0.2, 0) is 0 Å². The Bertz CT molecular complexity index is 757. The van der Waals surface area contributed by atoms with Gasteiger partial charge in [-0.05, 0) is 51.3 Å². The molecule has 1 amide bonds. The number of amides is 1. The minimum Gasteiger partial charge on any atom is -0.368 e. The van der Waals surface area contributed by atoms with Gasteiger partial charge in [-0.1, -0.05) is 0 Å². The normalized spacial score (nSPS) is 14.4. The van der Waals surface area contributed by atoms with Crippen LogP contribution in [0.3, 0.4) is 0 Å². The van der Waals surface area contributed by atoms with Crippen molar-refractivity contribution in [2.75, 3.05) is 63.6 Å². The number of nitrogens with zero attached hydrogens (tertiary/aromatic N) is 5. The lowest BCUT2D eigenvalue weighted by Gasteiger charge is -2.36. The maximum Gasteiger partial charge on any atom is 0.257 e. The van der Waals surface area contributed by atoms with E-state index in [1.165, 1.54) is 12.1 Å². The highest BCUT2D eigenvalue weighted by atomic mass is 19.1. The average Bonchev–Trinajstić information content (AvgIpc) is 2.72. The molecular formula is C20H27FN6O. The Kier molecular flexibility index (Phi) is 6.76. The molecule has 28 heavy (non-hydrogen) atoms. The van der Waals surface area contributed by atoms with E-state index in [1.807, 2.05) is 19.0 Å². The van der Waals surface area contributed by atoms with Gasteiger partial charge in [0.1, 0.15) is 5.82 Å². The van der Waals surface area contributed by atoms with Crippen LogP contribution in [0.25, 0.3) is 0 Å². The number of aromatic nitrogens is 2. The monoisotopic (exact) mass is 386 g/mol. The Hall–Kier alpha value is -2.74. The van der Waals surface area contributed by atoms with Crippen molar-refractivity contribution >= 4 is 17.5 Å². The van der Waals surface area contributed by atoms with Crippen molar-refractivity contribution in [1.29, 1.82) is 0 Å². The van der Waals surface area contributed by atoms with Crippen molar-refractivity contribution in [1.82, 2.24) is 19.8 Å². The Labute approximate surface area is 165 Å². The first kappa shape index (κ1) is 20.0. The summed E-state index contributed by atoms with van der Waals surface area (Å²) in [7, 11) is 4.08. The summed E-state index contributed by atoms with van der Waals surface area (Å²) in [5.41, 5.74) is 1.47. The predicted molar refractivity (Wildman–Crippen MR) is 108 cm³/mol. The Morgan fingerprint density at radius 2 is 1.75 bits per heavy atom. The SMILES string of the molecule is CN(C)CCCNc1ncc(C(=O)N2CCN(c3ccc(F)cc3)CC2)cn1. The van der Waals surface area contributed by atoms with Crippen molar-refractivity contribution in [3.8, 4) is 0 Å². The predicted octanol–water partition coefficient (Wildman–Crippen LogP) is 1.94. The van der Waals surface area contributed by atoms with Gasteiger partial charge in [0.25, 0.3) is 5.91 Å². The van der Waals surface area contributed by atoms with Gasteiger partial charge in [-0.3, -0.25) is 4.79 Å². The van der Waals surface area contributed by atoms with Gasteiger partial charge >= 0.3 is 0 Å². The van der Waals surface area contributed by atoms with Gasteiger partial charge in [-0.25, -0.2) is 14.4 Å². The van der Waals surface area contributed by atoms with Crippen LogP contribution in [0.1, 0.15) is 16.8 Å². The molecule has 0 unspecified atom stereocenters. The number of benzene rings is 1. The first-order valence-electron chi connectivity index (χ1n) is 9.53. The number of hydrogen-bond donors (Lipinski definition) is 1. The summed E-state index contributed by atoms with van der Waals surface area (Å²) in [6.07, 6.45) is 4.15. The molecule has 0 atom stereocenters. The zero-order chi connectivity index (χ0) is 19.9. The van der Waals surface area contributed by atoms with Crippen molar-refractivity contribution in [3.05, 3.63) is 48.0 Å². The zero-order valence-corrected chi connectivity index (χ0v) is 16.4. The summed E-state index contributed by atoms with van der Waals surface area (Å²) in [6, 6.07) is 6.45. The van der Waals surface area contributed by atoms with Crippen LogP contribution >= 0.6 is 0 Å². The number of carbonyl (C=O) groups is 1. The molecule has 0 bridgehead atoms. The van der Waals surface area contributed by atoms with E-state index in [4.69, 9.17) is 0 Å². The fourth-order valence-electron chi connectivity index (χ4n) is 3.13. The van der Waals surface area contributed by atoms with E-state index in [-0.39, 0.29) is 11.7 Å². The molecule has 1 aromatic carbocycles. The zero-order valence-electron chi connectivity index (χ0n) is 16.4. The summed E-state index contributed by atoms with van der Waals surface area (Å²) < 4.78 is 13.1. The Balaban J connectivity index is 1.48. The van der Waals surface area contributed by atoms with E-state index >= 15 is 0 Å². The topological polar surface area (TPSA) is 64.6 Å². The molecule has 0 aliphatic carbocycles. The molecule has 0 saturated carbocycles. The minimum atomic E-state index is -0.242. The molecule has 7 nitrogen and oxygen atoms in total. The molecule has 1 aromatic heterocycles. The summed E-state index contributed by atoms with van der Waals surface area (Å²) >= 11 is 0. The minimum absolute atomic E-state index is 0.0575. The highest BCUT2D eigenvalue weighted by Gasteiger charge is 2.22. The van der Waals surface area contributed by atoms with Crippen LogP contribution < -0.4 is 10.2 Å². The second-order valence-corrected chi connectivity index (χ2v) is 7.13. The molecular weight excluding hydrogens is 359 g/mol. The van der Waals surface area contributed by atoms with E-state index in [0.29, 0.717) is 37.7 Å². The molecule has 150 valence electrons. The molecule has 1 N–H and O–H groups in total. The number of hydrogen-bond acceptors (Lipinski definition) is 6. The molecule has 1 aliphatic rings. The second kappa shape index (κ2) is 9.45. The van der Waals surface area contributed by atoms with E-state index in [0.717, 1.165) is 25.2 Å². The maximum atomic E-state index is 13.1. The largest absolute Gasteiger partial charge is 0.368 e. The number of rotatable bonds is 7. The smallest absolute Gasteiger partial charge is 0.257 e. The van der Waals surface area contributed by atoms with Gasteiger partial charge in [0.15, 0.2) is 0 Å². The average molecular weight is 386 g/mol. The first-order chi connectivity index (χ1) is 13.5. The highest BCUT2D eigenvalue weighted by molar-refractivity contribution is 5.93. The molecule has 1 saturated heterocycles. The number of nitrogens with one attached hydrogen (secondary N) is 1. The van der Waals surface area contributed by atoms with Gasteiger partial charge in [0.05, 0.1) is 5.56 Å². The van der Waals surface area contributed by atoms with Crippen LogP contribution in [0.15, 0.2) is 36.7 Å². The highest BCUT2D eigenvalue weighted by Crippen LogP contribution is 2.17. The molecule has 2 heterocycles. The molecule has 1 fully saturated rings. The summed E-state index contributed by atoms with van der Waals surface area (Å²) in [5.74, 6) is 0.238. The number of halogens is 1. The summed E-state index contributed by atoms with van der Waals surface area (Å²) in [6.45, 7) is 4.43. The van der Waals surface area contributed by atoms with Crippen molar-refractivity contribution in [2.45, 2.75) is 6.42 Å². The van der Waals surface area contributed by atoms with Crippen LogP contribution in [0.5, 0.6) is 0 Å². The van der Waals surface area contributed by atoms with Gasteiger partial charge in [0.2, 0.25) is 5.95 Å². The lowest BCUT2D eigenvalue weighted by molar-refractivity contribution is 0.0746. The fraction of sp³-hybridized carbons (Fsp3) is 0.450. The van der Waals surface area contributed by atoms with Crippen LogP contribution in [0.4, 0.5) is 16.0 Å². The van der Waals surface area contributed by atoms with Gasteiger partial charge < -0.3 is 20.0 Å². The number of carbonyl (C=O) groups excluding carboxylic acids is 1. The molecule has 0 radical (unpaired) electrons. The van der Waals surface area contributed by atoms with Crippen molar-refractivity contribution in [2.24, 2.45) is 0 Å². The number of piperazine rings is 1. The lowest BCUT2D eigenvalue weighted by atomic mass is 10.2. The van der Waals surface area contributed by atoms with Gasteiger partial charge in [-0.15, -0.1) is 0 Å². The molecule has 1 aliphatic heterocycles. The third-order valence-corrected chi connectivity index (χ3v) is 4.72. The van der Waals surface area contributed by atoms with Crippen molar-refractivity contribution in [3.63, 3.8) is 0 Å². The molecule has 0 spiro atoms. The Morgan fingerprint density at radius 1 is 1.11 bits per heavy atom. The lowest BCUT2D eigenvalue weighted by Crippen LogP contribution is -2.48. The van der Waals surface area contributed by atoms with E-state index in [1.54, 1.807) is 24.5 Å². The van der Waals surface area contributed by atoms with Gasteiger partial charge in [-0.2, -0.15) is 0 Å².